The molecule has 0 unspecified atom stereocenters. The molecule has 1 fully saturated rings. The Morgan fingerprint density at radius 1 is 0.917 bits per heavy atom. The SMILES string of the molecule is C[C@@H]1C[C@H](OCc2ccccc2)[C@@H](OCc2ccccc2)[C@@H](O)O1. The van der Waals surface area contributed by atoms with E-state index in [9.17, 15) is 5.11 Å². The second-order valence-electron chi connectivity index (χ2n) is 6.17. The Bertz CT molecular complexity index is 602. The summed E-state index contributed by atoms with van der Waals surface area (Å²) in [6.45, 7) is 2.86. The van der Waals surface area contributed by atoms with Crippen LogP contribution in [0.4, 0.5) is 0 Å². The fraction of sp³-hybridized carbons (Fsp3) is 0.400. The van der Waals surface area contributed by atoms with E-state index in [1.807, 2.05) is 67.6 Å². The van der Waals surface area contributed by atoms with Gasteiger partial charge in [0.25, 0.3) is 0 Å². The maximum atomic E-state index is 10.3. The zero-order valence-electron chi connectivity index (χ0n) is 13.9. The van der Waals surface area contributed by atoms with Crippen molar-refractivity contribution in [3.8, 4) is 0 Å². The molecule has 4 heteroatoms. The van der Waals surface area contributed by atoms with Gasteiger partial charge in [-0.3, -0.25) is 0 Å². The lowest BCUT2D eigenvalue weighted by molar-refractivity contribution is -0.268. The molecule has 4 atom stereocenters. The third kappa shape index (κ3) is 4.65. The van der Waals surface area contributed by atoms with Crippen LogP contribution in [-0.4, -0.2) is 29.7 Å². The van der Waals surface area contributed by atoms with Crippen molar-refractivity contribution in [2.45, 2.75) is 51.2 Å². The normalized spacial score (nSPS) is 27.1. The minimum absolute atomic E-state index is 0.0580. The smallest absolute Gasteiger partial charge is 0.184 e. The van der Waals surface area contributed by atoms with Crippen molar-refractivity contribution in [3.05, 3.63) is 71.8 Å². The first-order valence-corrected chi connectivity index (χ1v) is 8.37. The van der Waals surface area contributed by atoms with E-state index in [1.54, 1.807) is 0 Å². The molecule has 0 saturated carbocycles. The molecule has 1 saturated heterocycles. The summed E-state index contributed by atoms with van der Waals surface area (Å²) in [7, 11) is 0. The van der Waals surface area contributed by atoms with Crippen molar-refractivity contribution in [2.75, 3.05) is 0 Å². The fourth-order valence-electron chi connectivity index (χ4n) is 2.91. The minimum atomic E-state index is -0.974. The molecule has 0 spiro atoms. The summed E-state index contributed by atoms with van der Waals surface area (Å²) in [5, 5.41) is 10.3. The molecule has 3 rings (SSSR count). The molecule has 1 aliphatic heterocycles. The van der Waals surface area contributed by atoms with Gasteiger partial charge in [-0.15, -0.1) is 0 Å². The third-order valence-electron chi connectivity index (χ3n) is 4.18. The Balaban J connectivity index is 1.61. The lowest BCUT2D eigenvalue weighted by Gasteiger charge is -2.38. The molecule has 1 heterocycles. The maximum absolute atomic E-state index is 10.3. The Labute approximate surface area is 143 Å². The summed E-state index contributed by atoms with van der Waals surface area (Å²) < 4.78 is 17.5. The number of hydrogen-bond donors (Lipinski definition) is 1. The summed E-state index contributed by atoms with van der Waals surface area (Å²) in [5.41, 5.74) is 2.16. The van der Waals surface area contributed by atoms with E-state index in [0.717, 1.165) is 11.1 Å². The van der Waals surface area contributed by atoms with Gasteiger partial charge >= 0.3 is 0 Å². The van der Waals surface area contributed by atoms with Gasteiger partial charge in [-0.05, 0) is 18.1 Å². The van der Waals surface area contributed by atoms with E-state index >= 15 is 0 Å². The predicted octanol–water partition coefficient (Wildman–Crippen LogP) is 3.28. The highest BCUT2D eigenvalue weighted by atomic mass is 16.7. The highest BCUT2D eigenvalue weighted by Crippen LogP contribution is 2.25. The van der Waals surface area contributed by atoms with Gasteiger partial charge in [0.2, 0.25) is 0 Å². The molecule has 128 valence electrons. The fourth-order valence-corrected chi connectivity index (χ4v) is 2.91. The zero-order chi connectivity index (χ0) is 16.8. The first-order chi connectivity index (χ1) is 11.7. The second-order valence-corrected chi connectivity index (χ2v) is 6.17. The number of aliphatic hydroxyl groups excluding tert-OH is 1. The van der Waals surface area contributed by atoms with E-state index in [0.29, 0.717) is 19.6 Å². The van der Waals surface area contributed by atoms with Gasteiger partial charge in [0.15, 0.2) is 6.29 Å². The van der Waals surface area contributed by atoms with Crippen molar-refractivity contribution in [1.29, 1.82) is 0 Å². The zero-order valence-corrected chi connectivity index (χ0v) is 13.9. The van der Waals surface area contributed by atoms with E-state index in [1.165, 1.54) is 0 Å². The minimum Gasteiger partial charge on any atom is -0.371 e. The number of hydrogen-bond acceptors (Lipinski definition) is 4. The molecule has 1 N–H and O–H groups in total. The molecule has 4 nitrogen and oxygen atoms in total. The molecule has 0 radical (unpaired) electrons. The number of aliphatic hydroxyl groups is 1. The molecule has 24 heavy (non-hydrogen) atoms. The Morgan fingerprint density at radius 3 is 2.04 bits per heavy atom. The first kappa shape index (κ1) is 17.1. The highest BCUT2D eigenvalue weighted by molar-refractivity contribution is 5.14. The molecular weight excluding hydrogens is 304 g/mol. The van der Waals surface area contributed by atoms with Crippen LogP contribution in [0.2, 0.25) is 0 Å². The van der Waals surface area contributed by atoms with Crippen molar-refractivity contribution >= 4 is 0 Å². The molecule has 2 aromatic carbocycles. The Morgan fingerprint density at radius 2 is 1.46 bits per heavy atom. The first-order valence-electron chi connectivity index (χ1n) is 8.37. The summed E-state index contributed by atoms with van der Waals surface area (Å²) in [6.07, 6.45) is -1.03. The van der Waals surface area contributed by atoms with Crippen LogP contribution in [0.5, 0.6) is 0 Å². The average Bonchev–Trinajstić information content (AvgIpc) is 2.61. The standard InChI is InChI=1S/C20H24O4/c1-15-12-18(22-13-16-8-4-2-5-9-16)19(20(21)24-15)23-14-17-10-6-3-7-11-17/h2-11,15,18-21H,12-14H2,1H3/t15-,18+,19-,20+/m1/s1. The number of ether oxygens (including phenoxy) is 3. The maximum Gasteiger partial charge on any atom is 0.184 e. The molecule has 0 bridgehead atoms. The summed E-state index contributed by atoms with van der Waals surface area (Å²) in [6, 6.07) is 19.9. The van der Waals surface area contributed by atoms with Crippen LogP contribution in [-0.2, 0) is 27.4 Å². The van der Waals surface area contributed by atoms with Crippen LogP contribution in [0.15, 0.2) is 60.7 Å². The van der Waals surface area contributed by atoms with Gasteiger partial charge in [-0.1, -0.05) is 60.7 Å². The number of benzene rings is 2. The summed E-state index contributed by atoms with van der Waals surface area (Å²) in [5.74, 6) is 0. The topological polar surface area (TPSA) is 47.9 Å². The van der Waals surface area contributed by atoms with E-state index in [2.05, 4.69) is 0 Å². The molecule has 0 amide bonds. The van der Waals surface area contributed by atoms with Gasteiger partial charge in [-0.25, -0.2) is 0 Å². The van der Waals surface area contributed by atoms with Crippen LogP contribution < -0.4 is 0 Å². The van der Waals surface area contributed by atoms with E-state index in [4.69, 9.17) is 14.2 Å². The quantitative estimate of drug-likeness (QED) is 0.884. The predicted molar refractivity (Wildman–Crippen MR) is 91.2 cm³/mol. The summed E-state index contributed by atoms with van der Waals surface area (Å²) in [4.78, 5) is 0. The van der Waals surface area contributed by atoms with Crippen LogP contribution in [0.1, 0.15) is 24.5 Å². The average molecular weight is 328 g/mol. The van der Waals surface area contributed by atoms with Crippen molar-refractivity contribution in [2.24, 2.45) is 0 Å². The molecular formula is C20H24O4. The van der Waals surface area contributed by atoms with Crippen LogP contribution in [0.25, 0.3) is 0 Å². The van der Waals surface area contributed by atoms with Gasteiger partial charge < -0.3 is 19.3 Å². The lowest BCUT2D eigenvalue weighted by Crippen LogP contribution is -2.49. The molecule has 0 aromatic heterocycles. The molecule has 1 aliphatic rings. The van der Waals surface area contributed by atoms with Crippen molar-refractivity contribution < 1.29 is 19.3 Å². The highest BCUT2D eigenvalue weighted by Gasteiger charge is 2.38. The Kier molecular flexibility index (Phi) is 5.99. The van der Waals surface area contributed by atoms with Crippen LogP contribution >= 0.6 is 0 Å². The molecule has 2 aromatic rings. The van der Waals surface area contributed by atoms with E-state index < -0.39 is 12.4 Å². The van der Waals surface area contributed by atoms with Crippen molar-refractivity contribution in [1.82, 2.24) is 0 Å². The largest absolute Gasteiger partial charge is 0.371 e. The van der Waals surface area contributed by atoms with Crippen LogP contribution in [0.3, 0.4) is 0 Å². The Hall–Kier alpha value is -1.72. The van der Waals surface area contributed by atoms with Crippen LogP contribution in [0, 0.1) is 0 Å². The van der Waals surface area contributed by atoms with Crippen molar-refractivity contribution in [3.63, 3.8) is 0 Å². The lowest BCUT2D eigenvalue weighted by atomic mass is 10.0. The third-order valence-corrected chi connectivity index (χ3v) is 4.18. The molecule has 0 aliphatic carbocycles. The summed E-state index contributed by atoms with van der Waals surface area (Å²) >= 11 is 0. The van der Waals surface area contributed by atoms with Gasteiger partial charge in [0, 0.05) is 6.42 Å². The number of rotatable bonds is 6. The monoisotopic (exact) mass is 328 g/mol. The van der Waals surface area contributed by atoms with E-state index in [-0.39, 0.29) is 12.2 Å². The van der Waals surface area contributed by atoms with Gasteiger partial charge in [-0.2, -0.15) is 0 Å². The van der Waals surface area contributed by atoms with Gasteiger partial charge in [0.1, 0.15) is 6.10 Å². The van der Waals surface area contributed by atoms with Gasteiger partial charge in [0.05, 0.1) is 25.4 Å². The second kappa shape index (κ2) is 8.40.